The Bertz CT molecular complexity index is 639. The van der Waals surface area contributed by atoms with Crippen LogP contribution in [0.25, 0.3) is 0 Å². The Balaban J connectivity index is 2.12. The number of hydrogen-bond acceptors (Lipinski definition) is 2. The molecule has 0 bridgehead atoms. The number of alkyl halides is 1. The lowest BCUT2D eigenvalue weighted by Crippen LogP contribution is -2.12. The fourth-order valence-electron chi connectivity index (χ4n) is 1.80. The van der Waals surface area contributed by atoms with E-state index in [4.69, 9.17) is 16.7 Å². The molecule has 0 saturated heterocycles. The van der Waals surface area contributed by atoms with Gasteiger partial charge in [0.1, 0.15) is 0 Å². The Morgan fingerprint density at radius 3 is 2.11 bits per heavy atom. The summed E-state index contributed by atoms with van der Waals surface area (Å²) in [5.41, 5.74) is 2.01. The van der Waals surface area contributed by atoms with Gasteiger partial charge >= 0.3 is 0 Å². The average Bonchev–Trinajstić information content (AvgIpc) is 2.39. The lowest BCUT2D eigenvalue weighted by Gasteiger charge is -2.10. The summed E-state index contributed by atoms with van der Waals surface area (Å²) in [4.78, 5) is 0.113. The maximum Gasteiger partial charge on any atom is 0.238 e. The largest absolute Gasteiger partial charge is 0.238 e. The van der Waals surface area contributed by atoms with Gasteiger partial charge < -0.3 is 0 Å². The van der Waals surface area contributed by atoms with Gasteiger partial charge in [0, 0.05) is 0 Å². The predicted molar refractivity (Wildman–Crippen MR) is 76.6 cm³/mol. The second-order valence-corrected chi connectivity index (χ2v) is 6.36. The summed E-state index contributed by atoms with van der Waals surface area (Å²) in [5, 5.41) is 4.91. The highest BCUT2D eigenvalue weighted by Gasteiger charge is 2.10. The molecular weight excluding hydrogens is 282 g/mol. The van der Waals surface area contributed by atoms with Gasteiger partial charge in [-0.3, -0.25) is 0 Å². The summed E-state index contributed by atoms with van der Waals surface area (Å²) in [6.07, 6.45) is 0.635. The van der Waals surface area contributed by atoms with E-state index in [-0.39, 0.29) is 10.3 Å². The fourth-order valence-corrected chi connectivity index (χ4v) is 2.64. The van der Waals surface area contributed by atoms with Crippen LogP contribution < -0.4 is 5.14 Å². The van der Waals surface area contributed by atoms with Crippen LogP contribution in [0.15, 0.2) is 59.5 Å². The summed E-state index contributed by atoms with van der Waals surface area (Å²) in [5.74, 6) is 0. The van der Waals surface area contributed by atoms with Crippen LogP contribution in [0, 0.1) is 0 Å². The minimum absolute atomic E-state index is 0.113. The van der Waals surface area contributed by atoms with E-state index in [1.807, 2.05) is 30.3 Å². The van der Waals surface area contributed by atoms with Gasteiger partial charge in [-0.2, -0.15) is 0 Å². The number of sulfonamides is 1. The molecule has 100 valence electrons. The Morgan fingerprint density at radius 2 is 1.58 bits per heavy atom. The van der Waals surface area contributed by atoms with Gasteiger partial charge in [0.2, 0.25) is 10.0 Å². The van der Waals surface area contributed by atoms with Gasteiger partial charge in [-0.15, -0.1) is 11.6 Å². The monoisotopic (exact) mass is 295 g/mol. The number of halogens is 1. The van der Waals surface area contributed by atoms with Crippen molar-refractivity contribution in [3.63, 3.8) is 0 Å². The van der Waals surface area contributed by atoms with Crippen LogP contribution in [0.4, 0.5) is 0 Å². The molecule has 2 aromatic carbocycles. The fraction of sp³-hybridized carbons (Fsp3) is 0.143. The van der Waals surface area contributed by atoms with Crippen molar-refractivity contribution >= 4 is 21.6 Å². The standard InChI is InChI=1S/C14H14ClNO2S/c15-14(12-4-2-1-3-5-12)10-11-6-8-13(9-7-11)19(16,17)18/h1-9,14H,10H2,(H2,16,17,18). The molecule has 2 rings (SSSR count). The Morgan fingerprint density at radius 1 is 1.00 bits per heavy atom. The van der Waals surface area contributed by atoms with Crippen LogP contribution in [-0.4, -0.2) is 8.42 Å². The number of hydrogen-bond donors (Lipinski definition) is 1. The molecule has 0 aliphatic carbocycles. The van der Waals surface area contributed by atoms with Crippen LogP contribution in [0.5, 0.6) is 0 Å². The van der Waals surface area contributed by atoms with Gasteiger partial charge in [0.15, 0.2) is 0 Å². The van der Waals surface area contributed by atoms with E-state index in [9.17, 15) is 8.42 Å². The zero-order valence-corrected chi connectivity index (χ0v) is 11.7. The molecule has 2 N–H and O–H groups in total. The van der Waals surface area contributed by atoms with Crippen molar-refractivity contribution < 1.29 is 8.42 Å². The first-order valence-electron chi connectivity index (χ1n) is 5.77. The first kappa shape index (κ1) is 14.1. The molecule has 2 aromatic rings. The quantitative estimate of drug-likeness (QED) is 0.882. The van der Waals surface area contributed by atoms with Crippen molar-refractivity contribution in [3.05, 3.63) is 65.7 Å². The second-order valence-electron chi connectivity index (χ2n) is 4.27. The van der Waals surface area contributed by atoms with Crippen LogP contribution in [-0.2, 0) is 16.4 Å². The second kappa shape index (κ2) is 5.74. The predicted octanol–water partition coefficient (Wildman–Crippen LogP) is 2.86. The van der Waals surface area contributed by atoms with Crippen molar-refractivity contribution in [2.75, 3.05) is 0 Å². The van der Waals surface area contributed by atoms with Gasteiger partial charge in [-0.05, 0) is 29.7 Å². The molecule has 0 fully saturated rings. The van der Waals surface area contributed by atoms with E-state index in [0.717, 1.165) is 11.1 Å². The van der Waals surface area contributed by atoms with E-state index < -0.39 is 10.0 Å². The minimum atomic E-state index is -3.63. The van der Waals surface area contributed by atoms with E-state index in [0.29, 0.717) is 6.42 Å². The SMILES string of the molecule is NS(=O)(=O)c1ccc(CC(Cl)c2ccccc2)cc1. The molecule has 0 saturated carbocycles. The van der Waals surface area contributed by atoms with Crippen molar-refractivity contribution in [3.8, 4) is 0 Å². The van der Waals surface area contributed by atoms with Gasteiger partial charge in [-0.1, -0.05) is 42.5 Å². The molecule has 0 amide bonds. The number of benzene rings is 2. The van der Waals surface area contributed by atoms with E-state index in [1.54, 1.807) is 12.1 Å². The molecule has 0 spiro atoms. The van der Waals surface area contributed by atoms with Gasteiger partial charge in [0.25, 0.3) is 0 Å². The lowest BCUT2D eigenvalue weighted by molar-refractivity contribution is 0.598. The molecule has 19 heavy (non-hydrogen) atoms. The van der Waals surface area contributed by atoms with E-state index in [2.05, 4.69) is 0 Å². The summed E-state index contributed by atoms with van der Waals surface area (Å²) < 4.78 is 22.3. The van der Waals surface area contributed by atoms with Crippen molar-refractivity contribution in [1.82, 2.24) is 0 Å². The zero-order chi connectivity index (χ0) is 13.9. The van der Waals surface area contributed by atoms with Crippen molar-refractivity contribution in [1.29, 1.82) is 0 Å². The topological polar surface area (TPSA) is 60.2 Å². The molecule has 3 nitrogen and oxygen atoms in total. The summed E-state index contributed by atoms with van der Waals surface area (Å²) in [6, 6.07) is 16.2. The third-order valence-electron chi connectivity index (χ3n) is 2.83. The molecule has 0 aromatic heterocycles. The Kier molecular flexibility index (Phi) is 4.24. The molecule has 0 heterocycles. The first-order chi connectivity index (χ1) is 8.97. The number of primary sulfonamides is 1. The molecule has 1 unspecified atom stereocenters. The molecule has 1 atom stereocenters. The highest BCUT2D eigenvalue weighted by atomic mass is 35.5. The van der Waals surface area contributed by atoms with Gasteiger partial charge in [0.05, 0.1) is 10.3 Å². The summed E-state index contributed by atoms with van der Waals surface area (Å²) >= 11 is 6.33. The Hall–Kier alpha value is -1.36. The first-order valence-corrected chi connectivity index (χ1v) is 7.76. The minimum Gasteiger partial charge on any atom is -0.225 e. The third kappa shape index (κ3) is 3.80. The Labute approximate surface area is 118 Å². The van der Waals surface area contributed by atoms with E-state index >= 15 is 0 Å². The molecule has 0 aliphatic rings. The van der Waals surface area contributed by atoms with Crippen molar-refractivity contribution in [2.24, 2.45) is 5.14 Å². The summed E-state index contributed by atoms with van der Waals surface area (Å²) in [6.45, 7) is 0. The molecule has 0 radical (unpaired) electrons. The van der Waals surface area contributed by atoms with E-state index in [1.165, 1.54) is 12.1 Å². The maximum atomic E-state index is 11.1. The van der Waals surface area contributed by atoms with Gasteiger partial charge in [-0.25, -0.2) is 13.6 Å². The lowest BCUT2D eigenvalue weighted by atomic mass is 10.0. The molecule has 5 heteroatoms. The normalized spacial score (nSPS) is 13.2. The van der Waals surface area contributed by atoms with Crippen molar-refractivity contribution in [2.45, 2.75) is 16.7 Å². The highest BCUT2D eigenvalue weighted by molar-refractivity contribution is 7.89. The van der Waals surface area contributed by atoms with Crippen LogP contribution in [0.3, 0.4) is 0 Å². The van der Waals surface area contributed by atoms with Crippen LogP contribution >= 0.6 is 11.6 Å². The third-order valence-corrected chi connectivity index (χ3v) is 4.16. The molecule has 0 aliphatic heterocycles. The molecular formula is C14H14ClNO2S. The smallest absolute Gasteiger partial charge is 0.225 e. The van der Waals surface area contributed by atoms with Crippen LogP contribution in [0.1, 0.15) is 16.5 Å². The number of nitrogens with two attached hydrogens (primary N) is 1. The zero-order valence-electron chi connectivity index (χ0n) is 10.2. The maximum absolute atomic E-state index is 11.1. The highest BCUT2D eigenvalue weighted by Crippen LogP contribution is 2.25. The number of rotatable bonds is 4. The van der Waals surface area contributed by atoms with Crippen LogP contribution in [0.2, 0.25) is 0 Å². The summed E-state index contributed by atoms with van der Waals surface area (Å²) in [7, 11) is -3.63. The average molecular weight is 296 g/mol.